The van der Waals surface area contributed by atoms with E-state index in [1.807, 2.05) is 47.3 Å². The Kier molecular flexibility index (Phi) is 13.1. The Morgan fingerprint density at radius 2 is 1.75 bits per heavy atom. The van der Waals surface area contributed by atoms with Gasteiger partial charge in [0.1, 0.15) is 29.2 Å². The van der Waals surface area contributed by atoms with E-state index in [9.17, 15) is 29.7 Å². The number of rotatable bonds is 7. The van der Waals surface area contributed by atoms with Crippen molar-refractivity contribution < 1.29 is 39.2 Å². The largest absolute Gasteiger partial charge is 0.508 e. The van der Waals surface area contributed by atoms with Crippen molar-refractivity contribution in [2.75, 3.05) is 25.1 Å². The number of benzene rings is 3. The smallest absolute Gasteiger partial charge is 0.302 e. The van der Waals surface area contributed by atoms with E-state index in [0.29, 0.717) is 44.3 Å². The lowest BCUT2D eigenvalue weighted by molar-refractivity contribution is -0.148. The van der Waals surface area contributed by atoms with Crippen LogP contribution in [0.4, 0.5) is 5.69 Å². The van der Waals surface area contributed by atoms with Crippen molar-refractivity contribution in [2.45, 2.75) is 83.8 Å². The van der Waals surface area contributed by atoms with Crippen LogP contribution in [0, 0.1) is 11.3 Å². The van der Waals surface area contributed by atoms with E-state index in [1.54, 1.807) is 19.1 Å². The Labute approximate surface area is 379 Å². The van der Waals surface area contributed by atoms with Gasteiger partial charge in [-0.2, -0.15) is 0 Å². The van der Waals surface area contributed by atoms with Crippen molar-refractivity contribution in [3.8, 4) is 23.0 Å². The van der Waals surface area contributed by atoms with Crippen LogP contribution in [0.15, 0.2) is 127 Å². The zero-order valence-corrected chi connectivity index (χ0v) is 37.4. The molecule has 0 amide bonds. The maximum absolute atomic E-state index is 14.5. The fourth-order valence-electron chi connectivity index (χ4n) is 9.93. The molecule has 0 saturated carbocycles. The summed E-state index contributed by atoms with van der Waals surface area (Å²) in [5.41, 5.74) is 5.33. The summed E-state index contributed by atoms with van der Waals surface area (Å²) >= 11 is 0. The van der Waals surface area contributed by atoms with Crippen molar-refractivity contribution in [1.29, 1.82) is 0 Å². The summed E-state index contributed by atoms with van der Waals surface area (Å²) in [6.07, 6.45) is 23.0. The van der Waals surface area contributed by atoms with Crippen LogP contribution in [0.25, 0.3) is 10.8 Å². The standard InChI is InChI=1S/C53H58N4O8/c1-33-9-5-6-17-53(33)18-14-44(65-35(3)59)26-43(61)27-48(39-23-49(62)52(63)50(24-39)64-4)56-31-38-11-8-13-47(46(38)32-56)57(20-16-34(2)58)51-25-37(15-19-55-51)45(36-10-7-12-42(60)21-36)22-40-29-54-30-41(40)28-53/h5-13,15,17,21,23-25,29-33,44-45,48,54-55,60,62-63H,14,16,18-20,22,26-28H2,1-4H3/t33-,44+,45-,48-,53-/m0/s1. The Morgan fingerprint density at radius 1 is 0.938 bits per heavy atom. The number of ketones is 2. The molecular weight excluding hydrogens is 821 g/mol. The maximum atomic E-state index is 14.5. The number of hydrogen-bond acceptors (Lipinski definition) is 10. The summed E-state index contributed by atoms with van der Waals surface area (Å²) in [6.45, 7) is 6.08. The third-order valence-corrected chi connectivity index (χ3v) is 13.5. The molecule has 65 heavy (non-hydrogen) atoms. The number of H-pyrrole nitrogens is 1. The van der Waals surface area contributed by atoms with E-state index in [1.165, 1.54) is 20.1 Å². The Balaban J connectivity index is 1.31. The predicted octanol–water partition coefficient (Wildman–Crippen LogP) is 9.23. The highest BCUT2D eigenvalue weighted by atomic mass is 16.5. The SMILES string of the molecule is COc1cc([C@@H]2CC(=O)C[C@H](OC(C)=O)CC[C@@]3(C=CC=C[C@@H]3C)Cc3c[nH]cc3C[C@@H](c3cccc(O)c3)C3=CCNC(=C3)N(CCC(C)=O)c3cccc4cn2cc34)cc(O)c1O. The number of aromatic amines is 1. The number of phenols is 3. The molecule has 1 spiro atoms. The van der Waals surface area contributed by atoms with Gasteiger partial charge in [0.05, 0.1) is 18.8 Å². The van der Waals surface area contributed by atoms with Gasteiger partial charge in [-0.15, -0.1) is 0 Å². The first-order valence-electron chi connectivity index (χ1n) is 22.4. The van der Waals surface area contributed by atoms with E-state index in [-0.39, 0.29) is 65.3 Å². The number of esters is 1. The summed E-state index contributed by atoms with van der Waals surface area (Å²) in [5.74, 6) is -0.328. The van der Waals surface area contributed by atoms with E-state index in [2.05, 4.69) is 77.0 Å². The minimum atomic E-state index is -0.696. The van der Waals surface area contributed by atoms with Crippen LogP contribution in [0.5, 0.6) is 23.0 Å². The molecule has 5 aromatic rings. The highest BCUT2D eigenvalue weighted by Gasteiger charge is 2.37. The van der Waals surface area contributed by atoms with Crippen molar-refractivity contribution in [1.82, 2.24) is 14.9 Å². The quantitative estimate of drug-likeness (QED) is 0.0786. The second kappa shape index (κ2) is 19.0. The normalized spacial score (nSPS) is 22.7. The monoisotopic (exact) mass is 878 g/mol. The van der Waals surface area contributed by atoms with Gasteiger partial charge in [-0.05, 0) is 108 Å². The fraction of sp³-hybridized carbons (Fsp3) is 0.340. The van der Waals surface area contributed by atoms with Crippen LogP contribution in [0.1, 0.15) is 87.1 Å². The Hall–Kier alpha value is -6.95. The molecule has 5 atom stereocenters. The first kappa shape index (κ1) is 44.6. The number of Topliss-reactive ketones (excluding diaryl/α,β-unsaturated/α-hetero) is 2. The molecular formula is C53H58N4O8. The molecule has 2 aliphatic heterocycles. The highest BCUT2D eigenvalue weighted by Crippen LogP contribution is 2.45. The lowest BCUT2D eigenvalue weighted by Crippen LogP contribution is -2.35. The number of hydrogen-bond donors (Lipinski definition) is 5. The van der Waals surface area contributed by atoms with Crippen molar-refractivity contribution in [2.24, 2.45) is 11.3 Å². The lowest BCUT2D eigenvalue weighted by Gasteiger charge is -2.38. The molecule has 0 fully saturated rings. The first-order valence-corrected chi connectivity index (χ1v) is 22.4. The van der Waals surface area contributed by atoms with E-state index >= 15 is 0 Å². The highest BCUT2D eigenvalue weighted by molar-refractivity contribution is 5.95. The van der Waals surface area contributed by atoms with Gasteiger partial charge in [-0.3, -0.25) is 14.4 Å². The van der Waals surface area contributed by atoms with Crippen molar-refractivity contribution in [3.05, 3.63) is 149 Å². The van der Waals surface area contributed by atoms with Crippen molar-refractivity contribution in [3.63, 3.8) is 0 Å². The summed E-state index contributed by atoms with van der Waals surface area (Å²) in [4.78, 5) is 45.4. The number of aromatic hydroxyl groups is 3. The zero-order chi connectivity index (χ0) is 45.8. The third-order valence-electron chi connectivity index (χ3n) is 13.5. The third kappa shape index (κ3) is 9.77. The molecule has 3 aliphatic rings. The van der Waals surface area contributed by atoms with Crippen LogP contribution in [-0.2, 0) is 32.0 Å². The van der Waals surface area contributed by atoms with Gasteiger partial charge in [0.2, 0.25) is 5.75 Å². The number of dihydropyridines is 1. The van der Waals surface area contributed by atoms with Crippen LogP contribution >= 0.6 is 0 Å². The average Bonchev–Trinajstić information content (AvgIpc) is 3.92. The van der Waals surface area contributed by atoms with Gasteiger partial charge in [-0.1, -0.05) is 61.6 Å². The summed E-state index contributed by atoms with van der Waals surface area (Å²) in [6, 6.07) is 15.8. The fourth-order valence-corrected chi connectivity index (χ4v) is 9.93. The first-order chi connectivity index (χ1) is 31.3. The van der Waals surface area contributed by atoms with Crippen LogP contribution in [0.2, 0.25) is 0 Å². The van der Waals surface area contributed by atoms with E-state index in [4.69, 9.17) is 9.47 Å². The number of methoxy groups -OCH3 is 1. The van der Waals surface area contributed by atoms with Gasteiger partial charge >= 0.3 is 5.97 Å². The number of phenolic OH excluding ortho intramolecular Hbond substituents is 3. The van der Waals surface area contributed by atoms with Gasteiger partial charge in [-0.25, -0.2) is 0 Å². The van der Waals surface area contributed by atoms with Crippen LogP contribution in [-0.4, -0.2) is 68.7 Å². The molecule has 4 bridgehead atoms. The minimum absolute atomic E-state index is 0.0241. The Morgan fingerprint density at radius 3 is 2.52 bits per heavy atom. The number of nitrogens with one attached hydrogen (secondary N) is 2. The maximum Gasteiger partial charge on any atom is 0.302 e. The number of nitrogens with zero attached hydrogens (tertiary/aromatic N) is 2. The number of allylic oxidation sites excluding steroid dienone is 6. The molecule has 0 radical (unpaired) electrons. The Bertz CT molecular complexity index is 2720. The summed E-state index contributed by atoms with van der Waals surface area (Å²) in [7, 11) is 1.40. The molecule has 338 valence electrons. The summed E-state index contributed by atoms with van der Waals surface area (Å²) in [5, 5.41) is 37.7. The number of aromatic nitrogens is 2. The van der Waals surface area contributed by atoms with Gasteiger partial charge in [0.25, 0.3) is 0 Å². The van der Waals surface area contributed by atoms with E-state index in [0.717, 1.165) is 44.5 Å². The molecule has 0 saturated heterocycles. The van der Waals surface area contributed by atoms with Gasteiger partial charge < -0.3 is 44.6 Å². The molecule has 12 heteroatoms. The second-order valence-corrected chi connectivity index (χ2v) is 17.8. The number of ether oxygens (including phenoxy) is 2. The molecule has 4 heterocycles. The molecule has 5 N–H and O–H groups in total. The molecule has 12 nitrogen and oxygen atoms in total. The van der Waals surface area contributed by atoms with Gasteiger partial charge in [0, 0.05) is 80.8 Å². The zero-order valence-electron chi connectivity index (χ0n) is 37.4. The van der Waals surface area contributed by atoms with Crippen molar-refractivity contribution >= 4 is 34.0 Å². The summed E-state index contributed by atoms with van der Waals surface area (Å²) < 4.78 is 13.3. The topological polar surface area (TPSA) is 166 Å². The molecule has 2 aromatic heterocycles. The van der Waals surface area contributed by atoms with Gasteiger partial charge in [0.15, 0.2) is 11.5 Å². The molecule has 0 unspecified atom stereocenters. The molecule has 8 rings (SSSR count). The second-order valence-electron chi connectivity index (χ2n) is 17.8. The van der Waals surface area contributed by atoms with Crippen LogP contribution in [0.3, 0.4) is 0 Å². The number of anilines is 1. The van der Waals surface area contributed by atoms with E-state index < -0.39 is 23.9 Å². The number of fused-ring (bicyclic) bond motifs is 3. The van der Waals surface area contributed by atoms with Crippen LogP contribution < -0.4 is 15.0 Å². The lowest BCUT2D eigenvalue weighted by atomic mass is 9.66. The molecule has 3 aromatic carbocycles. The molecule has 1 aliphatic carbocycles. The minimum Gasteiger partial charge on any atom is -0.508 e. The predicted molar refractivity (Wildman–Crippen MR) is 251 cm³/mol. The average molecular weight is 879 g/mol. The number of carbonyl (C=O) groups excluding carboxylic acids is 3. The number of carbonyl (C=O) groups is 3.